The van der Waals surface area contributed by atoms with E-state index in [-0.39, 0.29) is 0 Å². The van der Waals surface area contributed by atoms with Crippen LogP contribution >= 0.6 is 0 Å². The molecule has 0 aliphatic heterocycles. The lowest BCUT2D eigenvalue weighted by molar-refractivity contribution is 1.28. The van der Waals surface area contributed by atoms with Crippen molar-refractivity contribution < 1.29 is 0 Å². The Hall–Kier alpha value is -7.68. The number of hydrogen-bond acceptors (Lipinski definition) is 2. The normalized spacial score (nSPS) is 11.0. The second-order valence-corrected chi connectivity index (χ2v) is 14.3. The average Bonchev–Trinajstić information content (AvgIpc) is 3.31. The van der Waals surface area contributed by atoms with Crippen molar-refractivity contribution in [3.63, 3.8) is 0 Å². The molecule has 0 fully saturated rings. The molecule has 0 bridgehead atoms. The summed E-state index contributed by atoms with van der Waals surface area (Å²) >= 11 is 0. The first-order valence-corrected chi connectivity index (χ1v) is 19.8. The zero-order valence-corrected chi connectivity index (χ0v) is 32.1. The van der Waals surface area contributed by atoms with Gasteiger partial charge in [-0.1, -0.05) is 182 Å². The van der Waals surface area contributed by atoms with Gasteiger partial charge in [0.25, 0.3) is 0 Å². The molecule has 58 heavy (non-hydrogen) atoms. The molecule has 0 spiro atoms. The zero-order chi connectivity index (χ0) is 38.9. The van der Waals surface area contributed by atoms with Gasteiger partial charge in [0.2, 0.25) is 0 Å². The van der Waals surface area contributed by atoms with Crippen LogP contribution < -0.4 is 9.80 Å². The molecule has 0 saturated carbocycles. The number of anilines is 6. The van der Waals surface area contributed by atoms with Crippen LogP contribution in [0.2, 0.25) is 0 Å². The molecule has 0 aliphatic rings. The summed E-state index contributed by atoms with van der Waals surface area (Å²) in [5.41, 5.74) is 16.2. The van der Waals surface area contributed by atoms with Gasteiger partial charge in [-0.25, -0.2) is 0 Å². The molecule has 0 heterocycles. The maximum Gasteiger partial charge on any atom is 0.0462 e. The Balaban J connectivity index is 0.900. The molecule has 276 valence electrons. The van der Waals surface area contributed by atoms with Gasteiger partial charge in [-0.2, -0.15) is 0 Å². The van der Waals surface area contributed by atoms with Gasteiger partial charge in [0.05, 0.1) is 0 Å². The largest absolute Gasteiger partial charge is 0.311 e. The Morgan fingerprint density at radius 3 is 0.707 bits per heavy atom. The lowest BCUT2D eigenvalue weighted by Gasteiger charge is -2.26. The Morgan fingerprint density at radius 1 is 0.190 bits per heavy atom. The van der Waals surface area contributed by atoms with Crippen LogP contribution in [-0.4, -0.2) is 0 Å². The molecule has 0 unspecified atom stereocenters. The molecule has 9 rings (SSSR count). The van der Waals surface area contributed by atoms with Gasteiger partial charge in [0, 0.05) is 34.1 Å². The van der Waals surface area contributed by atoms with Gasteiger partial charge in [-0.05, 0) is 117 Å². The molecule has 0 atom stereocenters. The summed E-state index contributed by atoms with van der Waals surface area (Å²) in [6.45, 7) is 0. The minimum absolute atomic E-state index is 1.11. The summed E-state index contributed by atoms with van der Waals surface area (Å²) in [6, 6.07) is 86.2. The van der Waals surface area contributed by atoms with E-state index in [1.807, 2.05) is 0 Å². The van der Waals surface area contributed by atoms with E-state index in [2.05, 4.69) is 265 Å². The summed E-state index contributed by atoms with van der Waals surface area (Å²) < 4.78 is 0. The first-order chi connectivity index (χ1) is 28.7. The van der Waals surface area contributed by atoms with Crippen LogP contribution in [0.4, 0.5) is 34.1 Å². The summed E-state index contributed by atoms with van der Waals surface area (Å²) in [7, 11) is 0. The number of rotatable bonds is 11. The molecule has 0 amide bonds. The molecule has 0 radical (unpaired) electrons. The fourth-order valence-corrected chi connectivity index (χ4v) is 7.43. The Bertz CT molecular complexity index is 2690. The molecular formula is C56H42N2. The van der Waals surface area contributed by atoms with Gasteiger partial charge in [0.15, 0.2) is 0 Å². The smallest absolute Gasteiger partial charge is 0.0462 e. The van der Waals surface area contributed by atoms with E-state index >= 15 is 0 Å². The summed E-state index contributed by atoms with van der Waals surface area (Å²) in [6.07, 6.45) is 4.36. The third-order valence-electron chi connectivity index (χ3n) is 10.5. The van der Waals surface area contributed by atoms with Crippen LogP contribution in [0, 0.1) is 0 Å². The lowest BCUT2D eigenvalue weighted by atomic mass is 10.0. The molecule has 2 nitrogen and oxygen atoms in total. The number of hydrogen-bond donors (Lipinski definition) is 0. The molecule has 9 aromatic carbocycles. The van der Waals surface area contributed by atoms with Crippen molar-refractivity contribution in [2.45, 2.75) is 0 Å². The van der Waals surface area contributed by atoms with Crippen molar-refractivity contribution in [2.24, 2.45) is 0 Å². The molecule has 0 aliphatic carbocycles. The topological polar surface area (TPSA) is 6.48 Å². The highest BCUT2D eigenvalue weighted by Crippen LogP contribution is 2.38. The van der Waals surface area contributed by atoms with E-state index in [4.69, 9.17) is 0 Å². The third-order valence-corrected chi connectivity index (χ3v) is 10.5. The monoisotopic (exact) mass is 742 g/mol. The summed E-state index contributed by atoms with van der Waals surface area (Å²) in [4.78, 5) is 4.61. The van der Waals surface area contributed by atoms with Crippen LogP contribution in [0.5, 0.6) is 0 Å². The average molecular weight is 743 g/mol. The highest BCUT2D eigenvalue weighted by molar-refractivity contribution is 5.82. The van der Waals surface area contributed by atoms with Crippen LogP contribution in [0.15, 0.2) is 243 Å². The minimum Gasteiger partial charge on any atom is -0.311 e. The standard InChI is InChI=1S/C56H42N2/c1-5-13-45(14-6-1)48-29-37-54(38-30-48)57(51-17-9-3-10-18-51)53-35-25-44(26-36-53)22-21-43-23-27-47(28-24-43)50-33-41-56(42-34-50)58(52-19-11-4-12-20-52)55-39-31-49(32-40-55)46-15-7-2-8-16-46/h1-42H/b22-21+. The van der Waals surface area contributed by atoms with Crippen molar-refractivity contribution in [3.8, 4) is 33.4 Å². The zero-order valence-electron chi connectivity index (χ0n) is 32.1. The highest BCUT2D eigenvalue weighted by Gasteiger charge is 2.14. The molecule has 0 aromatic heterocycles. The van der Waals surface area contributed by atoms with E-state index in [9.17, 15) is 0 Å². The number of para-hydroxylation sites is 2. The number of nitrogens with zero attached hydrogens (tertiary/aromatic N) is 2. The second kappa shape index (κ2) is 17.0. The van der Waals surface area contributed by atoms with E-state index in [1.54, 1.807) is 0 Å². The van der Waals surface area contributed by atoms with Crippen molar-refractivity contribution in [2.75, 3.05) is 9.80 Å². The van der Waals surface area contributed by atoms with E-state index in [0.717, 1.165) is 45.3 Å². The van der Waals surface area contributed by atoms with E-state index in [0.29, 0.717) is 0 Å². The minimum atomic E-state index is 1.11. The Kier molecular flexibility index (Phi) is 10.5. The van der Waals surface area contributed by atoms with Gasteiger partial charge >= 0.3 is 0 Å². The fraction of sp³-hybridized carbons (Fsp3) is 0. The third kappa shape index (κ3) is 8.14. The van der Waals surface area contributed by atoms with Crippen molar-refractivity contribution >= 4 is 46.3 Å². The molecular weight excluding hydrogens is 701 g/mol. The van der Waals surface area contributed by atoms with Gasteiger partial charge in [0.1, 0.15) is 0 Å². The van der Waals surface area contributed by atoms with E-state index < -0.39 is 0 Å². The highest BCUT2D eigenvalue weighted by atomic mass is 15.1. The second-order valence-electron chi connectivity index (χ2n) is 14.3. The predicted octanol–water partition coefficient (Wildman–Crippen LogP) is 15.8. The fourth-order valence-electron chi connectivity index (χ4n) is 7.43. The van der Waals surface area contributed by atoms with Crippen molar-refractivity contribution in [3.05, 3.63) is 254 Å². The first kappa shape index (κ1) is 36.0. The number of benzene rings is 9. The van der Waals surface area contributed by atoms with Crippen LogP contribution in [0.1, 0.15) is 11.1 Å². The summed E-state index contributed by atoms with van der Waals surface area (Å²) in [5.74, 6) is 0. The van der Waals surface area contributed by atoms with Crippen molar-refractivity contribution in [1.82, 2.24) is 0 Å². The van der Waals surface area contributed by atoms with Gasteiger partial charge < -0.3 is 9.80 Å². The predicted molar refractivity (Wildman–Crippen MR) is 247 cm³/mol. The van der Waals surface area contributed by atoms with Gasteiger partial charge in [-0.3, -0.25) is 0 Å². The van der Waals surface area contributed by atoms with E-state index in [1.165, 1.54) is 33.4 Å². The van der Waals surface area contributed by atoms with Crippen molar-refractivity contribution in [1.29, 1.82) is 0 Å². The van der Waals surface area contributed by atoms with Crippen LogP contribution in [0.3, 0.4) is 0 Å². The Labute approximate surface area is 341 Å². The maximum absolute atomic E-state index is 2.31. The SMILES string of the molecule is C(=C\c1ccc(N(c2ccccc2)c2ccc(-c3ccccc3)cc2)cc1)/c1ccc(-c2ccc(N(c3ccccc3)c3ccc(-c4ccccc4)cc3)cc2)cc1. The summed E-state index contributed by atoms with van der Waals surface area (Å²) in [5, 5.41) is 0. The maximum atomic E-state index is 2.31. The Morgan fingerprint density at radius 2 is 0.397 bits per heavy atom. The van der Waals surface area contributed by atoms with Gasteiger partial charge in [-0.15, -0.1) is 0 Å². The molecule has 2 heteroatoms. The molecule has 0 saturated heterocycles. The first-order valence-electron chi connectivity index (χ1n) is 19.8. The van der Waals surface area contributed by atoms with Crippen LogP contribution in [-0.2, 0) is 0 Å². The quantitative estimate of drug-likeness (QED) is 0.122. The molecule has 0 N–H and O–H groups in total. The van der Waals surface area contributed by atoms with Crippen LogP contribution in [0.25, 0.3) is 45.5 Å². The molecule has 9 aromatic rings. The lowest BCUT2D eigenvalue weighted by Crippen LogP contribution is -2.09.